The minimum Gasteiger partial charge on any atom is -0.455 e. The number of furan rings is 2. The molecule has 54 heavy (non-hydrogen) atoms. The lowest BCUT2D eigenvalue weighted by molar-refractivity contribution is 0.620. The Balaban J connectivity index is 1.05. The number of hydrogen-bond acceptors (Lipinski definition) is 5. The summed E-state index contributed by atoms with van der Waals surface area (Å²) < 4.78 is 19.4. The first-order valence-electron chi connectivity index (χ1n) is 18.0. The van der Waals surface area contributed by atoms with Gasteiger partial charge in [0, 0.05) is 50.1 Å². The smallest absolute Gasteiger partial charge is 0.227 e. The number of fused-ring (bicyclic) bond motifs is 7. The number of hydrogen-bond donors (Lipinski definition) is 0. The minimum atomic E-state index is 0.591. The Morgan fingerprint density at radius 3 is 1.72 bits per heavy atom. The molecule has 0 bridgehead atoms. The van der Waals surface area contributed by atoms with Crippen molar-refractivity contribution in [2.45, 2.75) is 0 Å². The third-order valence-electron chi connectivity index (χ3n) is 10.3. The second kappa shape index (κ2) is 12.1. The molecule has 3 heterocycles. The van der Waals surface area contributed by atoms with Gasteiger partial charge in [-0.15, -0.1) is 0 Å². The lowest BCUT2D eigenvalue weighted by Gasteiger charge is -2.26. The van der Waals surface area contributed by atoms with Gasteiger partial charge in [0.1, 0.15) is 22.3 Å². The summed E-state index contributed by atoms with van der Waals surface area (Å²) in [5, 5.41) is 4.21. The maximum atomic E-state index is 6.76. The monoisotopic (exact) mass is 694 g/mol. The third kappa shape index (κ3) is 4.90. The normalized spacial score (nSPS) is 11.7. The van der Waals surface area contributed by atoms with E-state index in [1.807, 2.05) is 60.7 Å². The summed E-state index contributed by atoms with van der Waals surface area (Å²) in [7, 11) is 0. The van der Waals surface area contributed by atoms with Crippen LogP contribution < -0.4 is 4.90 Å². The lowest BCUT2D eigenvalue weighted by atomic mass is 10.0. The SMILES string of the molecule is c1ccc(-c2ccc(N(c3ccc(-c4cccc5c4oc4ccccc45)cc3)c3cccc4c3oc3cc5nc(-c6ccccc6)oc5cc34)cc2)cc1. The van der Waals surface area contributed by atoms with Crippen molar-refractivity contribution in [1.82, 2.24) is 4.98 Å². The Morgan fingerprint density at radius 2 is 0.963 bits per heavy atom. The van der Waals surface area contributed by atoms with Crippen LogP contribution in [0.2, 0.25) is 0 Å². The van der Waals surface area contributed by atoms with Crippen molar-refractivity contribution in [3.63, 3.8) is 0 Å². The van der Waals surface area contributed by atoms with Gasteiger partial charge in [-0.1, -0.05) is 121 Å². The number of oxazole rings is 1. The quantitative estimate of drug-likeness (QED) is 0.173. The molecule has 0 spiro atoms. The van der Waals surface area contributed by atoms with Crippen molar-refractivity contribution in [3.05, 3.63) is 182 Å². The largest absolute Gasteiger partial charge is 0.455 e. The fourth-order valence-electron chi connectivity index (χ4n) is 7.71. The average Bonchev–Trinajstić information content (AvgIpc) is 3.95. The number of nitrogens with zero attached hydrogens (tertiary/aromatic N) is 2. The van der Waals surface area contributed by atoms with Crippen LogP contribution in [0.4, 0.5) is 17.1 Å². The van der Waals surface area contributed by atoms with E-state index in [4.69, 9.17) is 18.2 Å². The van der Waals surface area contributed by atoms with Gasteiger partial charge in [0.25, 0.3) is 0 Å². The van der Waals surface area contributed by atoms with Crippen LogP contribution in [0, 0.1) is 0 Å². The Bertz CT molecular complexity index is 3140. The molecule has 5 heteroatoms. The molecule has 0 saturated carbocycles. The zero-order valence-electron chi connectivity index (χ0n) is 28.9. The van der Waals surface area contributed by atoms with E-state index in [-0.39, 0.29) is 0 Å². The molecule has 11 aromatic rings. The van der Waals surface area contributed by atoms with Crippen molar-refractivity contribution in [2.75, 3.05) is 4.90 Å². The highest BCUT2D eigenvalue weighted by Crippen LogP contribution is 2.44. The zero-order valence-corrected chi connectivity index (χ0v) is 28.9. The Morgan fingerprint density at radius 1 is 0.370 bits per heavy atom. The second-order valence-electron chi connectivity index (χ2n) is 13.5. The number of para-hydroxylation sites is 3. The van der Waals surface area contributed by atoms with E-state index >= 15 is 0 Å². The molecule has 3 aromatic heterocycles. The molecule has 0 aliphatic carbocycles. The molecule has 0 aliphatic heterocycles. The number of aromatic nitrogens is 1. The van der Waals surface area contributed by atoms with Gasteiger partial charge in [-0.2, -0.15) is 0 Å². The molecular formula is C49H30N2O3. The maximum absolute atomic E-state index is 6.76. The molecule has 0 atom stereocenters. The van der Waals surface area contributed by atoms with Crippen molar-refractivity contribution in [1.29, 1.82) is 0 Å². The van der Waals surface area contributed by atoms with Gasteiger partial charge in [0.2, 0.25) is 5.89 Å². The van der Waals surface area contributed by atoms with Crippen LogP contribution in [0.5, 0.6) is 0 Å². The molecule has 0 amide bonds. The first-order chi connectivity index (χ1) is 26.7. The van der Waals surface area contributed by atoms with Crippen LogP contribution in [-0.4, -0.2) is 4.98 Å². The third-order valence-corrected chi connectivity index (χ3v) is 10.3. The van der Waals surface area contributed by atoms with Gasteiger partial charge in [-0.25, -0.2) is 4.98 Å². The molecule has 0 unspecified atom stereocenters. The molecule has 0 radical (unpaired) electrons. The van der Waals surface area contributed by atoms with Gasteiger partial charge in [-0.05, 0) is 71.3 Å². The predicted octanol–water partition coefficient (Wildman–Crippen LogP) is 14.1. The Kier molecular flexibility index (Phi) is 6.79. The van der Waals surface area contributed by atoms with E-state index in [9.17, 15) is 0 Å². The lowest BCUT2D eigenvalue weighted by Crippen LogP contribution is -2.10. The van der Waals surface area contributed by atoms with E-state index in [0.717, 1.165) is 94.3 Å². The summed E-state index contributed by atoms with van der Waals surface area (Å²) in [4.78, 5) is 7.07. The minimum absolute atomic E-state index is 0.591. The van der Waals surface area contributed by atoms with Crippen molar-refractivity contribution in [3.8, 4) is 33.7 Å². The number of benzene rings is 8. The molecule has 0 fully saturated rings. The van der Waals surface area contributed by atoms with Crippen LogP contribution in [0.1, 0.15) is 0 Å². The molecule has 11 rings (SSSR count). The summed E-state index contributed by atoms with van der Waals surface area (Å²) in [6.07, 6.45) is 0. The van der Waals surface area contributed by atoms with Gasteiger partial charge < -0.3 is 18.2 Å². The van der Waals surface area contributed by atoms with Gasteiger partial charge >= 0.3 is 0 Å². The van der Waals surface area contributed by atoms with E-state index in [1.54, 1.807) is 0 Å². The van der Waals surface area contributed by atoms with Crippen LogP contribution in [0.3, 0.4) is 0 Å². The molecule has 254 valence electrons. The van der Waals surface area contributed by atoms with Crippen LogP contribution in [-0.2, 0) is 0 Å². The molecule has 0 saturated heterocycles. The highest BCUT2D eigenvalue weighted by molar-refractivity contribution is 6.13. The molecule has 5 nitrogen and oxygen atoms in total. The zero-order chi connectivity index (χ0) is 35.6. The van der Waals surface area contributed by atoms with E-state index in [1.165, 1.54) is 5.56 Å². The molecule has 0 aliphatic rings. The van der Waals surface area contributed by atoms with E-state index in [2.05, 4.69) is 126 Å². The Hall–Kier alpha value is -7.37. The second-order valence-corrected chi connectivity index (χ2v) is 13.5. The van der Waals surface area contributed by atoms with Crippen LogP contribution >= 0.6 is 0 Å². The first kappa shape index (κ1) is 30.3. The van der Waals surface area contributed by atoms with E-state index < -0.39 is 0 Å². The molecule has 8 aromatic carbocycles. The van der Waals surface area contributed by atoms with Gasteiger partial charge in [0.15, 0.2) is 11.2 Å². The van der Waals surface area contributed by atoms with Crippen molar-refractivity contribution >= 4 is 72.0 Å². The fourth-order valence-corrected chi connectivity index (χ4v) is 7.71. The van der Waals surface area contributed by atoms with E-state index in [0.29, 0.717) is 5.89 Å². The summed E-state index contributed by atoms with van der Waals surface area (Å²) in [5.41, 5.74) is 13.1. The highest BCUT2D eigenvalue weighted by atomic mass is 16.4. The van der Waals surface area contributed by atoms with Gasteiger partial charge in [-0.3, -0.25) is 0 Å². The standard InChI is InChI=1S/C49H30N2O3/c1-3-11-31(12-4-1)32-21-25-35(26-22-32)51(36-27-23-33(24-28-36)37-16-9-17-39-38-15-7-8-20-44(38)52-47(37)39)43-19-10-18-40-41-29-46-42(30-45(41)53-48(40)43)50-49(54-46)34-13-5-2-6-14-34/h1-30H. The Labute approximate surface area is 309 Å². The van der Waals surface area contributed by atoms with Gasteiger partial charge in [0.05, 0.1) is 5.69 Å². The summed E-state index contributed by atoms with van der Waals surface area (Å²) in [5.74, 6) is 0.591. The van der Waals surface area contributed by atoms with Crippen molar-refractivity contribution in [2.24, 2.45) is 0 Å². The number of anilines is 3. The average molecular weight is 695 g/mol. The summed E-state index contributed by atoms with van der Waals surface area (Å²) in [6.45, 7) is 0. The molecular weight excluding hydrogens is 665 g/mol. The topological polar surface area (TPSA) is 55.6 Å². The summed E-state index contributed by atoms with van der Waals surface area (Å²) in [6, 6.07) is 62.7. The summed E-state index contributed by atoms with van der Waals surface area (Å²) >= 11 is 0. The predicted molar refractivity (Wildman–Crippen MR) is 220 cm³/mol. The van der Waals surface area contributed by atoms with Crippen molar-refractivity contribution < 1.29 is 13.3 Å². The highest BCUT2D eigenvalue weighted by Gasteiger charge is 2.21. The number of rotatable bonds is 6. The molecule has 0 N–H and O–H groups in total. The first-order valence-corrected chi connectivity index (χ1v) is 18.0. The van der Waals surface area contributed by atoms with Crippen LogP contribution in [0.25, 0.3) is 88.7 Å². The van der Waals surface area contributed by atoms with Crippen LogP contribution in [0.15, 0.2) is 195 Å². The maximum Gasteiger partial charge on any atom is 0.227 e. The fraction of sp³-hybridized carbons (Fsp3) is 0.